The third-order valence-electron chi connectivity index (χ3n) is 5.05. The van der Waals surface area contributed by atoms with Crippen molar-refractivity contribution in [2.45, 2.75) is 20.1 Å². The molecule has 0 radical (unpaired) electrons. The molecule has 0 bridgehead atoms. The Labute approximate surface area is 202 Å². The summed E-state index contributed by atoms with van der Waals surface area (Å²) in [4.78, 5) is 27.4. The summed E-state index contributed by atoms with van der Waals surface area (Å²) in [6.07, 6.45) is 0. The molecule has 0 aliphatic carbocycles. The van der Waals surface area contributed by atoms with Gasteiger partial charge >= 0.3 is 6.61 Å². The highest BCUT2D eigenvalue weighted by atomic mass is 19.3. The van der Waals surface area contributed by atoms with E-state index < -0.39 is 6.61 Å². The third kappa shape index (κ3) is 6.69. The summed E-state index contributed by atoms with van der Waals surface area (Å²) in [5, 5.41) is 2.78. The molecular formula is C26H26F2N2O5. The molecule has 1 N–H and O–H groups in total. The van der Waals surface area contributed by atoms with Gasteiger partial charge in [0.1, 0.15) is 5.75 Å². The first-order chi connectivity index (χ1) is 16.8. The Balaban J connectivity index is 1.76. The fraction of sp³-hybridized carbons (Fsp3) is 0.231. The van der Waals surface area contributed by atoms with Gasteiger partial charge in [-0.05, 0) is 61.0 Å². The molecule has 0 saturated heterocycles. The Bertz CT molecular complexity index is 1170. The number of carbonyl (C=O) groups excluding carboxylic acids is 2. The van der Waals surface area contributed by atoms with Gasteiger partial charge in [0.15, 0.2) is 11.5 Å². The van der Waals surface area contributed by atoms with E-state index in [-0.39, 0.29) is 36.5 Å². The van der Waals surface area contributed by atoms with E-state index >= 15 is 0 Å². The van der Waals surface area contributed by atoms with Crippen molar-refractivity contribution < 1.29 is 32.6 Å². The van der Waals surface area contributed by atoms with Crippen LogP contribution < -0.4 is 19.5 Å². The van der Waals surface area contributed by atoms with Crippen LogP contribution in [0.5, 0.6) is 17.2 Å². The van der Waals surface area contributed by atoms with E-state index in [0.29, 0.717) is 28.1 Å². The Morgan fingerprint density at radius 1 is 1.00 bits per heavy atom. The minimum absolute atomic E-state index is 0.0776. The zero-order chi connectivity index (χ0) is 25.4. The lowest BCUT2D eigenvalue weighted by Gasteiger charge is -2.20. The maximum Gasteiger partial charge on any atom is 0.387 e. The molecule has 0 aliphatic heterocycles. The van der Waals surface area contributed by atoms with Gasteiger partial charge in [-0.1, -0.05) is 18.2 Å². The van der Waals surface area contributed by atoms with Crippen LogP contribution in [-0.4, -0.2) is 44.1 Å². The summed E-state index contributed by atoms with van der Waals surface area (Å²) < 4.78 is 40.3. The van der Waals surface area contributed by atoms with Crippen molar-refractivity contribution in [1.29, 1.82) is 0 Å². The highest BCUT2D eigenvalue weighted by Crippen LogP contribution is 2.30. The number of para-hydroxylation sites is 1. The summed E-state index contributed by atoms with van der Waals surface area (Å²) in [6, 6.07) is 17.8. The number of benzene rings is 3. The normalized spacial score (nSPS) is 10.6. The van der Waals surface area contributed by atoms with Crippen LogP contribution in [0.3, 0.4) is 0 Å². The summed E-state index contributed by atoms with van der Waals surface area (Å²) >= 11 is 0. The minimum atomic E-state index is -2.98. The molecule has 3 aromatic carbocycles. The Kier molecular flexibility index (Phi) is 8.61. The molecule has 0 fully saturated rings. The SMILES string of the molecule is CCOc1cc(CN(C)C(=O)c2ccccc2NC(=O)c2ccc(OC)cc2)ccc1OC(F)F. The highest BCUT2D eigenvalue weighted by Gasteiger charge is 2.19. The van der Waals surface area contributed by atoms with Crippen molar-refractivity contribution >= 4 is 17.5 Å². The van der Waals surface area contributed by atoms with Gasteiger partial charge in [0.05, 0.1) is 25.0 Å². The van der Waals surface area contributed by atoms with Crippen molar-refractivity contribution in [3.05, 3.63) is 83.4 Å². The number of methoxy groups -OCH3 is 1. The molecule has 3 rings (SSSR count). The molecule has 9 heteroatoms. The number of hydrogen-bond donors (Lipinski definition) is 1. The van der Waals surface area contributed by atoms with Crippen molar-refractivity contribution in [2.75, 3.05) is 26.1 Å². The first kappa shape index (κ1) is 25.5. The standard InChI is InChI=1S/C26H26F2N2O5/c1-4-34-23-15-17(9-14-22(23)35-26(27)28)16-30(2)25(32)20-7-5-6-8-21(20)29-24(31)18-10-12-19(33-3)13-11-18/h5-15,26H,4,16H2,1-3H3,(H,29,31). The molecule has 0 aromatic heterocycles. The van der Waals surface area contributed by atoms with Crippen LogP contribution in [0.25, 0.3) is 0 Å². The number of nitrogens with one attached hydrogen (secondary N) is 1. The van der Waals surface area contributed by atoms with Gasteiger partial charge in [-0.3, -0.25) is 9.59 Å². The first-order valence-corrected chi connectivity index (χ1v) is 10.8. The first-order valence-electron chi connectivity index (χ1n) is 10.8. The average molecular weight is 484 g/mol. The van der Waals surface area contributed by atoms with Crippen LogP contribution in [0, 0.1) is 0 Å². The molecule has 0 heterocycles. The highest BCUT2D eigenvalue weighted by molar-refractivity contribution is 6.09. The van der Waals surface area contributed by atoms with E-state index in [2.05, 4.69) is 10.1 Å². The van der Waals surface area contributed by atoms with Crippen LogP contribution in [0.2, 0.25) is 0 Å². The quantitative estimate of drug-likeness (QED) is 0.427. The average Bonchev–Trinajstić information content (AvgIpc) is 2.85. The van der Waals surface area contributed by atoms with Gasteiger partial charge in [-0.15, -0.1) is 0 Å². The van der Waals surface area contributed by atoms with Gasteiger partial charge in [0, 0.05) is 19.2 Å². The second-order valence-corrected chi connectivity index (χ2v) is 7.48. The van der Waals surface area contributed by atoms with Crippen molar-refractivity contribution in [3.63, 3.8) is 0 Å². The van der Waals surface area contributed by atoms with E-state index in [9.17, 15) is 18.4 Å². The van der Waals surface area contributed by atoms with Crippen LogP contribution in [0.15, 0.2) is 66.7 Å². The molecule has 0 unspecified atom stereocenters. The molecule has 0 aliphatic rings. The minimum Gasteiger partial charge on any atom is -0.497 e. The molecule has 0 atom stereocenters. The van der Waals surface area contributed by atoms with Gasteiger partial charge < -0.3 is 24.4 Å². The lowest BCUT2D eigenvalue weighted by atomic mass is 10.1. The van der Waals surface area contributed by atoms with Gasteiger partial charge in [-0.25, -0.2) is 0 Å². The molecule has 0 spiro atoms. The lowest BCUT2D eigenvalue weighted by molar-refractivity contribution is -0.0514. The maximum absolute atomic E-state index is 13.2. The molecule has 184 valence electrons. The number of rotatable bonds is 10. The third-order valence-corrected chi connectivity index (χ3v) is 5.05. The number of hydrogen-bond acceptors (Lipinski definition) is 5. The fourth-order valence-corrected chi connectivity index (χ4v) is 3.38. The van der Waals surface area contributed by atoms with E-state index in [0.717, 1.165) is 0 Å². The van der Waals surface area contributed by atoms with Crippen molar-refractivity contribution in [1.82, 2.24) is 4.90 Å². The summed E-state index contributed by atoms with van der Waals surface area (Å²) in [5.74, 6) is 0.0116. The topological polar surface area (TPSA) is 77.1 Å². The zero-order valence-electron chi connectivity index (χ0n) is 19.6. The number of ether oxygens (including phenoxy) is 3. The van der Waals surface area contributed by atoms with Crippen LogP contribution in [0.4, 0.5) is 14.5 Å². The predicted octanol–water partition coefficient (Wildman–Crippen LogP) is 5.22. The number of alkyl halides is 2. The van der Waals surface area contributed by atoms with E-state index in [1.165, 1.54) is 18.1 Å². The van der Waals surface area contributed by atoms with Crippen molar-refractivity contribution in [2.24, 2.45) is 0 Å². The Morgan fingerprint density at radius 2 is 1.71 bits per heavy atom. The van der Waals surface area contributed by atoms with Crippen LogP contribution >= 0.6 is 0 Å². The number of nitrogens with zero attached hydrogens (tertiary/aromatic N) is 1. The second-order valence-electron chi connectivity index (χ2n) is 7.48. The van der Waals surface area contributed by atoms with Crippen molar-refractivity contribution in [3.8, 4) is 17.2 Å². The van der Waals surface area contributed by atoms with Crippen LogP contribution in [0.1, 0.15) is 33.2 Å². The van der Waals surface area contributed by atoms with E-state index in [1.807, 2.05) is 0 Å². The largest absolute Gasteiger partial charge is 0.497 e. The molecule has 0 saturated carbocycles. The lowest BCUT2D eigenvalue weighted by Crippen LogP contribution is -2.27. The Morgan fingerprint density at radius 3 is 2.37 bits per heavy atom. The number of carbonyl (C=O) groups is 2. The molecular weight excluding hydrogens is 458 g/mol. The Hall–Kier alpha value is -4.14. The maximum atomic E-state index is 13.2. The van der Waals surface area contributed by atoms with Gasteiger partial charge in [0.25, 0.3) is 11.8 Å². The van der Waals surface area contributed by atoms with Gasteiger partial charge in [-0.2, -0.15) is 8.78 Å². The fourth-order valence-electron chi connectivity index (χ4n) is 3.38. The number of halogens is 2. The number of amides is 2. The summed E-state index contributed by atoms with van der Waals surface area (Å²) in [7, 11) is 3.14. The van der Waals surface area contributed by atoms with E-state index in [4.69, 9.17) is 9.47 Å². The zero-order valence-corrected chi connectivity index (χ0v) is 19.6. The molecule has 35 heavy (non-hydrogen) atoms. The summed E-state index contributed by atoms with van der Waals surface area (Å²) in [6.45, 7) is -0.812. The summed E-state index contributed by atoms with van der Waals surface area (Å²) in [5.41, 5.74) is 1.74. The molecule has 7 nitrogen and oxygen atoms in total. The molecule has 2 amide bonds. The van der Waals surface area contributed by atoms with Crippen LogP contribution in [-0.2, 0) is 6.54 Å². The monoisotopic (exact) mass is 484 g/mol. The number of anilines is 1. The van der Waals surface area contributed by atoms with E-state index in [1.54, 1.807) is 74.6 Å². The smallest absolute Gasteiger partial charge is 0.387 e. The molecule has 3 aromatic rings. The van der Waals surface area contributed by atoms with Gasteiger partial charge in [0.2, 0.25) is 0 Å². The predicted molar refractivity (Wildman–Crippen MR) is 127 cm³/mol. The second kappa shape index (κ2) is 11.8.